The summed E-state index contributed by atoms with van der Waals surface area (Å²) in [7, 11) is 0. The number of halogens is 2. The molecule has 2 aromatic rings. The molecule has 0 unspecified atom stereocenters. The second kappa shape index (κ2) is 6.35. The zero-order valence-corrected chi connectivity index (χ0v) is 13.2. The standard InChI is InChI=1S/C16H18BrFN2/c1-16(2,9-8-12-6-4-3-5-7-12)20-15-14(18)10-13(17)11-19-15/h3-7,10-11H,8-9H2,1-2H3,(H,19,20). The topological polar surface area (TPSA) is 24.9 Å². The maximum atomic E-state index is 13.8. The smallest absolute Gasteiger partial charge is 0.166 e. The molecule has 1 aromatic carbocycles. The fourth-order valence-electron chi connectivity index (χ4n) is 1.99. The molecular formula is C16H18BrFN2. The molecule has 2 nitrogen and oxygen atoms in total. The summed E-state index contributed by atoms with van der Waals surface area (Å²) < 4.78 is 14.4. The van der Waals surface area contributed by atoms with Crippen LogP contribution in [0.5, 0.6) is 0 Å². The maximum absolute atomic E-state index is 13.8. The number of rotatable bonds is 5. The largest absolute Gasteiger partial charge is 0.363 e. The molecule has 0 aliphatic rings. The molecule has 0 radical (unpaired) electrons. The van der Waals surface area contributed by atoms with E-state index in [1.165, 1.54) is 11.6 Å². The van der Waals surface area contributed by atoms with Crippen molar-refractivity contribution < 1.29 is 4.39 Å². The average Bonchev–Trinajstić information content (AvgIpc) is 2.41. The van der Waals surface area contributed by atoms with Crippen LogP contribution in [0.15, 0.2) is 47.1 Å². The Morgan fingerprint density at radius 2 is 1.95 bits per heavy atom. The lowest BCUT2D eigenvalue weighted by Crippen LogP contribution is -2.32. The Hall–Kier alpha value is -1.42. The lowest BCUT2D eigenvalue weighted by Gasteiger charge is -2.27. The number of aryl methyl sites for hydroxylation is 1. The Morgan fingerprint density at radius 3 is 2.60 bits per heavy atom. The van der Waals surface area contributed by atoms with Gasteiger partial charge in [-0.1, -0.05) is 30.3 Å². The molecule has 1 heterocycles. The van der Waals surface area contributed by atoms with E-state index in [-0.39, 0.29) is 11.4 Å². The first kappa shape index (κ1) is 15.0. The Kier molecular flexibility index (Phi) is 4.76. The van der Waals surface area contributed by atoms with Crippen molar-refractivity contribution in [2.75, 3.05) is 5.32 Å². The monoisotopic (exact) mass is 336 g/mol. The lowest BCUT2D eigenvalue weighted by molar-refractivity contribution is 0.508. The third-order valence-corrected chi connectivity index (χ3v) is 3.58. The Balaban J connectivity index is 2.00. The van der Waals surface area contributed by atoms with Gasteiger partial charge in [-0.2, -0.15) is 0 Å². The number of anilines is 1. The highest BCUT2D eigenvalue weighted by molar-refractivity contribution is 9.10. The van der Waals surface area contributed by atoms with Crippen LogP contribution in [0.2, 0.25) is 0 Å². The number of nitrogens with zero attached hydrogens (tertiary/aromatic N) is 1. The van der Waals surface area contributed by atoms with Crippen LogP contribution in [0.1, 0.15) is 25.8 Å². The van der Waals surface area contributed by atoms with Crippen molar-refractivity contribution in [3.05, 3.63) is 58.4 Å². The molecule has 0 aliphatic heterocycles. The molecule has 4 heteroatoms. The van der Waals surface area contributed by atoms with Crippen molar-refractivity contribution in [1.29, 1.82) is 0 Å². The van der Waals surface area contributed by atoms with Gasteiger partial charge in [-0.3, -0.25) is 0 Å². The van der Waals surface area contributed by atoms with Crippen LogP contribution in [0.3, 0.4) is 0 Å². The average molecular weight is 337 g/mol. The molecule has 20 heavy (non-hydrogen) atoms. The molecule has 0 spiro atoms. The highest BCUT2D eigenvalue weighted by atomic mass is 79.9. The number of nitrogens with one attached hydrogen (secondary N) is 1. The molecule has 0 atom stereocenters. The van der Waals surface area contributed by atoms with Crippen LogP contribution in [0, 0.1) is 5.82 Å². The van der Waals surface area contributed by atoms with Gasteiger partial charge < -0.3 is 5.32 Å². The van der Waals surface area contributed by atoms with E-state index in [0.29, 0.717) is 10.3 Å². The van der Waals surface area contributed by atoms with Crippen LogP contribution in [-0.2, 0) is 6.42 Å². The van der Waals surface area contributed by atoms with E-state index in [4.69, 9.17) is 0 Å². The lowest BCUT2D eigenvalue weighted by atomic mass is 9.95. The van der Waals surface area contributed by atoms with Gasteiger partial charge in [0.05, 0.1) is 0 Å². The minimum Gasteiger partial charge on any atom is -0.363 e. The summed E-state index contributed by atoms with van der Waals surface area (Å²) in [5.41, 5.74) is 1.06. The van der Waals surface area contributed by atoms with Crippen LogP contribution < -0.4 is 5.32 Å². The molecule has 0 saturated heterocycles. The maximum Gasteiger partial charge on any atom is 0.166 e. The van der Waals surface area contributed by atoms with Crippen molar-refractivity contribution >= 4 is 21.7 Å². The zero-order chi connectivity index (χ0) is 14.6. The van der Waals surface area contributed by atoms with Gasteiger partial charge in [0.2, 0.25) is 0 Å². The Labute approximate surface area is 127 Å². The minimum atomic E-state index is -0.341. The Bertz CT molecular complexity index is 570. The van der Waals surface area contributed by atoms with Crippen LogP contribution >= 0.6 is 15.9 Å². The molecule has 106 valence electrons. The fourth-order valence-corrected chi connectivity index (χ4v) is 2.29. The summed E-state index contributed by atoms with van der Waals surface area (Å²) in [6, 6.07) is 11.7. The quantitative estimate of drug-likeness (QED) is 0.847. The first-order valence-electron chi connectivity index (χ1n) is 6.59. The van der Waals surface area contributed by atoms with Crippen molar-refractivity contribution in [2.24, 2.45) is 0 Å². The summed E-state index contributed by atoms with van der Waals surface area (Å²) >= 11 is 3.21. The summed E-state index contributed by atoms with van der Waals surface area (Å²) in [6.07, 6.45) is 3.44. The van der Waals surface area contributed by atoms with E-state index in [2.05, 4.69) is 52.2 Å². The van der Waals surface area contributed by atoms with Gasteiger partial charge in [0, 0.05) is 16.2 Å². The fraction of sp³-hybridized carbons (Fsp3) is 0.312. The van der Waals surface area contributed by atoms with E-state index in [1.54, 1.807) is 6.20 Å². The van der Waals surface area contributed by atoms with Gasteiger partial charge in [0.1, 0.15) is 0 Å². The van der Waals surface area contributed by atoms with Gasteiger partial charge in [-0.05, 0) is 54.2 Å². The minimum absolute atomic E-state index is 0.225. The van der Waals surface area contributed by atoms with Crippen molar-refractivity contribution in [3.8, 4) is 0 Å². The predicted octanol–water partition coefficient (Wildman–Crippen LogP) is 4.81. The van der Waals surface area contributed by atoms with E-state index < -0.39 is 0 Å². The van der Waals surface area contributed by atoms with Crippen LogP contribution in [-0.4, -0.2) is 10.5 Å². The molecular weight excluding hydrogens is 319 g/mol. The first-order chi connectivity index (χ1) is 9.46. The molecule has 2 rings (SSSR count). The third kappa shape index (κ3) is 4.30. The number of hydrogen-bond acceptors (Lipinski definition) is 2. The number of pyridine rings is 1. The molecule has 1 N–H and O–H groups in total. The molecule has 0 fully saturated rings. The molecule has 0 aliphatic carbocycles. The van der Waals surface area contributed by atoms with Gasteiger partial charge in [0.15, 0.2) is 11.6 Å². The molecule has 0 amide bonds. The van der Waals surface area contributed by atoms with Crippen molar-refractivity contribution in [2.45, 2.75) is 32.2 Å². The van der Waals surface area contributed by atoms with Crippen molar-refractivity contribution in [3.63, 3.8) is 0 Å². The number of benzene rings is 1. The molecule has 0 bridgehead atoms. The highest BCUT2D eigenvalue weighted by Crippen LogP contribution is 2.22. The highest BCUT2D eigenvalue weighted by Gasteiger charge is 2.19. The van der Waals surface area contributed by atoms with E-state index in [9.17, 15) is 4.39 Å². The summed E-state index contributed by atoms with van der Waals surface area (Å²) in [6.45, 7) is 4.11. The van der Waals surface area contributed by atoms with Crippen LogP contribution in [0.4, 0.5) is 10.2 Å². The number of hydrogen-bond donors (Lipinski definition) is 1. The van der Waals surface area contributed by atoms with Gasteiger partial charge >= 0.3 is 0 Å². The van der Waals surface area contributed by atoms with Crippen molar-refractivity contribution in [1.82, 2.24) is 4.98 Å². The first-order valence-corrected chi connectivity index (χ1v) is 7.39. The predicted molar refractivity (Wildman–Crippen MR) is 84.4 cm³/mol. The van der Waals surface area contributed by atoms with E-state index in [0.717, 1.165) is 12.8 Å². The number of aromatic nitrogens is 1. The summed E-state index contributed by atoms with van der Waals surface area (Å²) in [5.74, 6) is -0.0431. The molecule has 1 aromatic heterocycles. The van der Waals surface area contributed by atoms with Crippen LogP contribution in [0.25, 0.3) is 0 Å². The van der Waals surface area contributed by atoms with Gasteiger partial charge in [-0.25, -0.2) is 9.37 Å². The second-order valence-corrected chi connectivity index (χ2v) is 6.39. The summed E-state index contributed by atoms with van der Waals surface area (Å²) in [5, 5.41) is 3.18. The molecule has 0 saturated carbocycles. The Morgan fingerprint density at radius 1 is 1.25 bits per heavy atom. The zero-order valence-electron chi connectivity index (χ0n) is 11.7. The van der Waals surface area contributed by atoms with Gasteiger partial charge in [0.25, 0.3) is 0 Å². The third-order valence-electron chi connectivity index (χ3n) is 3.15. The SMILES string of the molecule is CC(C)(CCc1ccccc1)Nc1ncc(Br)cc1F. The van der Waals surface area contributed by atoms with E-state index >= 15 is 0 Å². The van der Waals surface area contributed by atoms with E-state index in [1.807, 2.05) is 18.2 Å². The second-order valence-electron chi connectivity index (χ2n) is 5.48. The summed E-state index contributed by atoms with van der Waals surface area (Å²) in [4.78, 5) is 4.09. The normalized spacial score (nSPS) is 11.4. The van der Waals surface area contributed by atoms with Gasteiger partial charge in [-0.15, -0.1) is 0 Å².